The molecule has 0 fully saturated rings. The van der Waals surface area contributed by atoms with Crippen molar-refractivity contribution < 1.29 is 19.0 Å². The van der Waals surface area contributed by atoms with Crippen molar-refractivity contribution >= 4 is 23.8 Å². The van der Waals surface area contributed by atoms with E-state index in [4.69, 9.17) is 19.9 Å². The lowest BCUT2D eigenvalue weighted by Gasteiger charge is -2.11. The molecule has 2 aromatic carbocycles. The number of rotatable bonds is 19. The van der Waals surface area contributed by atoms with Crippen molar-refractivity contribution in [2.75, 3.05) is 69.1 Å². The molecule has 0 bridgehead atoms. The Balaban J connectivity index is 1.50. The van der Waals surface area contributed by atoms with Crippen LogP contribution in [-0.4, -0.2) is 74.0 Å². The Bertz CT molecular complexity index is 1180. The van der Waals surface area contributed by atoms with E-state index in [2.05, 4.69) is 42.8 Å². The summed E-state index contributed by atoms with van der Waals surface area (Å²) in [7, 11) is 1.64. The van der Waals surface area contributed by atoms with E-state index in [1.807, 2.05) is 36.4 Å². The molecule has 0 saturated carbocycles. The first-order valence-corrected chi connectivity index (χ1v) is 13.1. The molecule has 3 aromatic rings. The lowest BCUT2D eigenvalue weighted by atomic mass is 10.1. The Kier molecular flexibility index (Phi) is 13.1. The molecule has 0 aliphatic heterocycles. The molecule has 40 heavy (non-hydrogen) atoms. The predicted octanol–water partition coefficient (Wildman–Crippen LogP) is 2.42. The van der Waals surface area contributed by atoms with Crippen molar-refractivity contribution in [3.05, 3.63) is 77.9 Å². The lowest BCUT2D eigenvalue weighted by molar-refractivity contribution is 0.0511. The van der Waals surface area contributed by atoms with Crippen LogP contribution in [0.5, 0.6) is 5.75 Å². The summed E-state index contributed by atoms with van der Waals surface area (Å²) in [5, 5.41) is 12.4. The molecule has 3 rings (SSSR count). The van der Waals surface area contributed by atoms with Gasteiger partial charge in [-0.25, -0.2) is 0 Å². The number of carbonyl (C=O) groups excluding carboxylic acids is 1. The molecule has 12 nitrogen and oxygen atoms in total. The number of nitrogens with one attached hydrogen (secondary N) is 4. The summed E-state index contributed by atoms with van der Waals surface area (Å²) < 4.78 is 15.9. The highest BCUT2D eigenvalue weighted by Crippen LogP contribution is 2.15. The highest BCUT2D eigenvalue weighted by atomic mass is 16.5. The quantitative estimate of drug-likeness (QED) is 0.110. The molecule has 0 unspecified atom stereocenters. The summed E-state index contributed by atoms with van der Waals surface area (Å²) in [4.78, 5) is 25.8. The highest BCUT2D eigenvalue weighted by Gasteiger charge is 2.08. The fourth-order valence-electron chi connectivity index (χ4n) is 3.40. The lowest BCUT2D eigenvalue weighted by Crippen LogP contribution is -2.27. The van der Waals surface area contributed by atoms with Crippen LogP contribution in [-0.2, 0) is 22.6 Å². The Morgan fingerprint density at radius 2 is 1.38 bits per heavy atom. The average molecular weight is 551 g/mol. The molecule has 0 atom stereocenters. The Morgan fingerprint density at radius 1 is 0.825 bits per heavy atom. The molecular formula is C28H38N8O4. The standard InChI is InChI=1S/C28H38N8O4/c1-3-13-31-26-34-27(36-28(35-26)33-20-22-6-10-24(38-2)11-7-22)32-19-21-4-8-23(9-5-21)25(37)30-14-16-40-18-17-39-15-12-29/h3-11H,1,12-20,29H2,2H3,(H,30,37)(H3,31,32,33,34,35,36). The Labute approximate surface area is 234 Å². The van der Waals surface area contributed by atoms with Crippen LogP contribution in [0, 0.1) is 0 Å². The van der Waals surface area contributed by atoms with Gasteiger partial charge in [-0.3, -0.25) is 4.79 Å². The van der Waals surface area contributed by atoms with E-state index in [0.717, 1.165) is 16.9 Å². The van der Waals surface area contributed by atoms with E-state index in [9.17, 15) is 4.79 Å². The SMILES string of the molecule is C=CCNc1nc(NCc2ccc(OC)cc2)nc(NCc2ccc(C(=O)NCCOCCOCCN)cc2)n1. The van der Waals surface area contributed by atoms with Gasteiger partial charge in [-0.2, -0.15) is 15.0 Å². The van der Waals surface area contributed by atoms with E-state index in [1.165, 1.54) is 0 Å². The summed E-state index contributed by atoms with van der Waals surface area (Å²) in [5.41, 5.74) is 7.94. The summed E-state index contributed by atoms with van der Waals surface area (Å²) in [6, 6.07) is 15.1. The topological polar surface area (TPSA) is 158 Å². The van der Waals surface area contributed by atoms with Gasteiger partial charge in [-0.05, 0) is 35.4 Å². The first-order valence-electron chi connectivity index (χ1n) is 13.1. The number of anilines is 3. The van der Waals surface area contributed by atoms with Gasteiger partial charge >= 0.3 is 0 Å². The highest BCUT2D eigenvalue weighted by molar-refractivity contribution is 5.94. The Morgan fingerprint density at radius 3 is 1.93 bits per heavy atom. The number of hydrogen-bond donors (Lipinski definition) is 5. The van der Waals surface area contributed by atoms with Crippen LogP contribution >= 0.6 is 0 Å². The number of carbonyl (C=O) groups is 1. The average Bonchev–Trinajstić information content (AvgIpc) is 2.99. The number of aromatic nitrogens is 3. The van der Waals surface area contributed by atoms with Gasteiger partial charge in [-0.1, -0.05) is 30.3 Å². The minimum atomic E-state index is -0.162. The zero-order chi connectivity index (χ0) is 28.4. The number of hydrogen-bond acceptors (Lipinski definition) is 11. The van der Waals surface area contributed by atoms with Gasteiger partial charge in [-0.15, -0.1) is 6.58 Å². The van der Waals surface area contributed by atoms with Gasteiger partial charge in [0.05, 0.1) is 33.5 Å². The van der Waals surface area contributed by atoms with E-state index in [0.29, 0.717) is 82.6 Å². The maximum Gasteiger partial charge on any atom is 0.251 e. The second kappa shape index (κ2) is 17.4. The molecule has 6 N–H and O–H groups in total. The van der Waals surface area contributed by atoms with Gasteiger partial charge in [0, 0.05) is 38.3 Å². The third kappa shape index (κ3) is 10.8. The molecule has 0 spiro atoms. The number of benzene rings is 2. The van der Waals surface area contributed by atoms with Crippen LogP contribution < -0.4 is 31.7 Å². The van der Waals surface area contributed by atoms with Crippen molar-refractivity contribution in [3.63, 3.8) is 0 Å². The maximum absolute atomic E-state index is 12.4. The van der Waals surface area contributed by atoms with Crippen molar-refractivity contribution in [2.24, 2.45) is 5.73 Å². The predicted molar refractivity (Wildman–Crippen MR) is 156 cm³/mol. The van der Waals surface area contributed by atoms with Crippen LogP contribution in [0.15, 0.2) is 61.2 Å². The number of nitrogens with two attached hydrogens (primary N) is 1. The second-order valence-corrected chi connectivity index (χ2v) is 8.50. The van der Waals surface area contributed by atoms with Crippen molar-refractivity contribution in [1.82, 2.24) is 20.3 Å². The molecule has 0 aliphatic carbocycles. The first-order chi connectivity index (χ1) is 19.6. The molecule has 1 amide bonds. The van der Waals surface area contributed by atoms with Gasteiger partial charge < -0.3 is 41.2 Å². The van der Waals surface area contributed by atoms with Crippen LogP contribution in [0.3, 0.4) is 0 Å². The minimum absolute atomic E-state index is 0.162. The van der Waals surface area contributed by atoms with E-state index in [-0.39, 0.29) is 5.91 Å². The van der Waals surface area contributed by atoms with Crippen molar-refractivity contribution in [2.45, 2.75) is 13.1 Å². The van der Waals surface area contributed by atoms with Crippen molar-refractivity contribution in [3.8, 4) is 5.75 Å². The summed E-state index contributed by atoms with van der Waals surface area (Å²) >= 11 is 0. The van der Waals surface area contributed by atoms with Crippen LogP contribution in [0.4, 0.5) is 17.8 Å². The van der Waals surface area contributed by atoms with Crippen LogP contribution in [0.25, 0.3) is 0 Å². The minimum Gasteiger partial charge on any atom is -0.497 e. The van der Waals surface area contributed by atoms with Gasteiger partial charge in [0.2, 0.25) is 17.8 Å². The monoisotopic (exact) mass is 550 g/mol. The summed E-state index contributed by atoms with van der Waals surface area (Å²) in [6.45, 7) is 8.01. The zero-order valence-corrected chi connectivity index (χ0v) is 22.8. The molecule has 12 heteroatoms. The van der Waals surface area contributed by atoms with Gasteiger partial charge in [0.25, 0.3) is 5.91 Å². The van der Waals surface area contributed by atoms with Crippen LogP contribution in [0.2, 0.25) is 0 Å². The largest absolute Gasteiger partial charge is 0.497 e. The number of amides is 1. The molecule has 0 radical (unpaired) electrons. The van der Waals surface area contributed by atoms with E-state index < -0.39 is 0 Å². The zero-order valence-electron chi connectivity index (χ0n) is 22.8. The smallest absolute Gasteiger partial charge is 0.251 e. The molecular weight excluding hydrogens is 512 g/mol. The normalized spacial score (nSPS) is 10.6. The number of ether oxygens (including phenoxy) is 3. The maximum atomic E-state index is 12.4. The second-order valence-electron chi connectivity index (χ2n) is 8.50. The van der Waals surface area contributed by atoms with Gasteiger partial charge in [0.1, 0.15) is 5.75 Å². The third-order valence-electron chi connectivity index (χ3n) is 5.48. The first kappa shape index (κ1) is 30.3. The molecule has 1 heterocycles. The summed E-state index contributed by atoms with van der Waals surface area (Å²) in [6.07, 6.45) is 1.73. The molecule has 0 aliphatic rings. The molecule has 0 saturated heterocycles. The molecule has 214 valence electrons. The number of nitrogens with zero attached hydrogens (tertiary/aromatic N) is 3. The van der Waals surface area contributed by atoms with E-state index >= 15 is 0 Å². The van der Waals surface area contributed by atoms with E-state index in [1.54, 1.807) is 25.3 Å². The third-order valence-corrected chi connectivity index (χ3v) is 5.48. The fourth-order valence-corrected chi connectivity index (χ4v) is 3.40. The van der Waals surface area contributed by atoms with Crippen LogP contribution in [0.1, 0.15) is 21.5 Å². The fraction of sp³-hybridized carbons (Fsp3) is 0.357. The Hall–Kier alpha value is -4.26. The molecule has 1 aromatic heterocycles. The summed E-state index contributed by atoms with van der Waals surface area (Å²) in [5.74, 6) is 1.90. The van der Waals surface area contributed by atoms with Crippen molar-refractivity contribution in [1.29, 1.82) is 0 Å². The van der Waals surface area contributed by atoms with Gasteiger partial charge in [0.15, 0.2) is 0 Å². The number of methoxy groups -OCH3 is 1.